The number of aryl methyl sites for hydroxylation is 1. The van der Waals surface area contributed by atoms with Gasteiger partial charge >= 0.3 is 0 Å². The summed E-state index contributed by atoms with van der Waals surface area (Å²) < 4.78 is 14.8. The summed E-state index contributed by atoms with van der Waals surface area (Å²) in [6, 6.07) is 16.8. The number of pyridine rings is 1. The van der Waals surface area contributed by atoms with Crippen LogP contribution in [0.15, 0.2) is 65.5 Å². The monoisotopic (exact) mass is 418 g/mol. The fourth-order valence-corrected chi connectivity index (χ4v) is 3.95. The molecule has 0 fully saturated rings. The number of amides is 1. The third kappa shape index (κ3) is 4.48. The van der Waals surface area contributed by atoms with Gasteiger partial charge in [-0.3, -0.25) is 19.0 Å². The van der Waals surface area contributed by atoms with Gasteiger partial charge in [0.25, 0.3) is 11.5 Å². The normalized spacial score (nSPS) is 13.0. The van der Waals surface area contributed by atoms with Crippen LogP contribution in [0.2, 0.25) is 0 Å². The maximum atomic E-state index is 13.4. The Morgan fingerprint density at radius 1 is 1.00 bits per heavy atom. The summed E-state index contributed by atoms with van der Waals surface area (Å²) in [7, 11) is 0. The van der Waals surface area contributed by atoms with E-state index in [2.05, 4.69) is 5.32 Å². The summed E-state index contributed by atoms with van der Waals surface area (Å²) >= 11 is 0. The van der Waals surface area contributed by atoms with Gasteiger partial charge in [-0.15, -0.1) is 0 Å². The van der Waals surface area contributed by atoms with Crippen molar-refractivity contribution in [3.8, 4) is 5.69 Å². The fourth-order valence-electron chi connectivity index (χ4n) is 3.95. The van der Waals surface area contributed by atoms with Crippen LogP contribution in [0, 0.1) is 5.82 Å². The predicted octanol–water partition coefficient (Wildman–Crippen LogP) is 3.86. The molecule has 5 nitrogen and oxygen atoms in total. The first-order chi connectivity index (χ1) is 15.0. The van der Waals surface area contributed by atoms with Crippen molar-refractivity contribution in [2.75, 3.05) is 6.54 Å². The zero-order valence-electron chi connectivity index (χ0n) is 17.1. The van der Waals surface area contributed by atoms with Gasteiger partial charge in [-0.1, -0.05) is 30.3 Å². The number of carbonyl (C=O) groups is 2. The van der Waals surface area contributed by atoms with Gasteiger partial charge in [0.2, 0.25) is 0 Å². The molecule has 31 heavy (non-hydrogen) atoms. The highest BCUT2D eigenvalue weighted by molar-refractivity contribution is 6.01. The van der Waals surface area contributed by atoms with Crippen LogP contribution in [0.3, 0.4) is 0 Å². The first kappa shape index (κ1) is 20.7. The van der Waals surface area contributed by atoms with Crippen LogP contribution in [0.1, 0.15) is 51.2 Å². The van der Waals surface area contributed by atoms with E-state index in [0.29, 0.717) is 42.8 Å². The third-order valence-electron chi connectivity index (χ3n) is 5.52. The molecule has 1 aromatic heterocycles. The lowest BCUT2D eigenvalue weighted by Gasteiger charge is -2.21. The maximum absolute atomic E-state index is 13.4. The van der Waals surface area contributed by atoms with Crippen molar-refractivity contribution in [3.63, 3.8) is 0 Å². The number of ketones is 1. The predicted molar refractivity (Wildman–Crippen MR) is 116 cm³/mol. The van der Waals surface area contributed by atoms with Crippen LogP contribution >= 0.6 is 0 Å². The molecule has 0 aliphatic heterocycles. The molecular weight excluding hydrogens is 395 g/mol. The molecule has 6 heteroatoms. The SMILES string of the molecule is O=C1CCCc2c1cc(C(=O)NCCCc1ccccc1)c(=O)n2-c1ccc(F)cc1. The van der Waals surface area contributed by atoms with Gasteiger partial charge in [-0.2, -0.15) is 0 Å². The summed E-state index contributed by atoms with van der Waals surface area (Å²) in [6.45, 7) is 0.411. The van der Waals surface area contributed by atoms with Crippen LogP contribution in [0.5, 0.6) is 0 Å². The number of rotatable bonds is 6. The molecule has 0 saturated heterocycles. The number of carbonyl (C=O) groups excluding carboxylic acids is 2. The average molecular weight is 418 g/mol. The Labute approximate surface area is 179 Å². The van der Waals surface area contributed by atoms with Crippen molar-refractivity contribution in [2.24, 2.45) is 0 Å². The van der Waals surface area contributed by atoms with Crippen LogP contribution < -0.4 is 10.9 Å². The lowest BCUT2D eigenvalue weighted by Crippen LogP contribution is -2.36. The second-order valence-electron chi connectivity index (χ2n) is 7.66. The van der Waals surface area contributed by atoms with Crippen LogP contribution in [0.4, 0.5) is 4.39 Å². The molecule has 1 aliphatic carbocycles. The van der Waals surface area contributed by atoms with E-state index in [-0.39, 0.29) is 11.3 Å². The van der Waals surface area contributed by atoms with Gasteiger partial charge in [0, 0.05) is 29.9 Å². The van der Waals surface area contributed by atoms with Gasteiger partial charge in [0.05, 0.1) is 0 Å². The number of fused-ring (bicyclic) bond motifs is 1. The number of hydrogen-bond donors (Lipinski definition) is 1. The Kier molecular flexibility index (Phi) is 6.07. The number of Topliss-reactive ketones (excluding diaryl/α,β-unsaturated/α-hetero) is 1. The Bertz CT molecular complexity index is 1170. The van der Waals surface area contributed by atoms with Crippen LogP contribution in [-0.4, -0.2) is 22.8 Å². The molecule has 3 aromatic rings. The van der Waals surface area contributed by atoms with Gasteiger partial charge in [0.15, 0.2) is 5.78 Å². The lowest BCUT2D eigenvalue weighted by molar-refractivity contribution is 0.0951. The molecule has 1 N–H and O–H groups in total. The van der Waals surface area contributed by atoms with Gasteiger partial charge in [-0.05, 0) is 61.6 Å². The first-order valence-corrected chi connectivity index (χ1v) is 10.4. The summed E-state index contributed by atoms with van der Waals surface area (Å²) in [5.41, 5.74) is 2.02. The molecular formula is C25H23FN2O3. The molecule has 0 saturated carbocycles. The largest absolute Gasteiger partial charge is 0.352 e. The van der Waals surface area contributed by atoms with E-state index in [1.165, 1.54) is 40.5 Å². The molecule has 158 valence electrons. The van der Waals surface area contributed by atoms with Gasteiger partial charge in [0.1, 0.15) is 11.4 Å². The van der Waals surface area contributed by atoms with Crippen molar-refractivity contribution in [3.05, 3.63) is 99.2 Å². The fraction of sp³-hybridized carbons (Fsp3) is 0.240. The second kappa shape index (κ2) is 9.08. The highest BCUT2D eigenvalue weighted by Gasteiger charge is 2.26. The Balaban J connectivity index is 1.61. The Morgan fingerprint density at radius 2 is 1.74 bits per heavy atom. The highest BCUT2D eigenvalue weighted by atomic mass is 19.1. The van der Waals surface area contributed by atoms with Crippen molar-refractivity contribution >= 4 is 11.7 Å². The quantitative estimate of drug-likeness (QED) is 0.618. The molecule has 0 unspecified atom stereocenters. The summed E-state index contributed by atoms with van der Waals surface area (Å²) in [6.07, 6.45) is 3.10. The van der Waals surface area contributed by atoms with Gasteiger partial charge < -0.3 is 5.32 Å². The minimum atomic E-state index is -0.505. The maximum Gasteiger partial charge on any atom is 0.268 e. The van der Waals surface area contributed by atoms with E-state index >= 15 is 0 Å². The van der Waals surface area contributed by atoms with E-state index in [0.717, 1.165) is 12.8 Å². The lowest BCUT2D eigenvalue weighted by atomic mass is 9.92. The minimum Gasteiger partial charge on any atom is -0.352 e. The Morgan fingerprint density at radius 3 is 2.48 bits per heavy atom. The molecule has 2 aromatic carbocycles. The Hall–Kier alpha value is -3.54. The van der Waals surface area contributed by atoms with Crippen LogP contribution in [0.25, 0.3) is 5.69 Å². The number of nitrogens with zero attached hydrogens (tertiary/aromatic N) is 1. The summed E-state index contributed by atoms with van der Waals surface area (Å²) in [4.78, 5) is 38.6. The molecule has 0 radical (unpaired) electrons. The number of hydrogen-bond acceptors (Lipinski definition) is 3. The number of halogens is 1. The van der Waals surface area contributed by atoms with E-state index in [9.17, 15) is 18.8 Å². The first-order valence-electron chi connectivity index (χ1n) is 10.4. The summed E-state index contributed by atoms with van der Waals surface area (Å²) in [5.74, 6) is -1.01. The molecule has 1 amide bonds. The van der Waals surface area contributed by atoms with Gasteiger partial charge in [-0.25, -0.2) is 4.39 Å². The molecule has 1 heterocycles. The van der Waals surface area contributed by atoms with E-state index in [4.69, 9.17) is 0 Å². The van der Waals surface area contributed by atoms with Crippen LogP contribution in [-0.2, 0) is 12.8 Å². The smallest absolute Gasteiger partial charge is 0.268 e. The zero-order valence-corrected chi connectivity index (χ0v) is 17.1. The molecule has 1 aliphatic rings. The number of nitrogens with one attached hydrogen (secondary N) is 1. The minimum absolute atomic E-state index is 0.0713. The topological polar surface area (TPSA) is 68.2 Å². The van der Waals surface area contributed by atoms with Crippen molar-refractivity contribution in [2.45, 2.75) is 32.1 Å². The number of aromatic nitrogens is 1. The van der Waals surface area contributed by atoms with Crippen molar-refractivity contribution < 1.29 is 14.0 Å². The molecule has 0 spiro atoms. The van der Waals surface area contributed by atoms with E-state index in [1.54, 1.807) is 0 Å². The van der Waals surface area contributed by atoms with Crippen molar-refractivity contribution in [1.29, 1.82) is 0 Å². The number of benzene rings is 2. The second-order valence-corrected chi connectivity index (χ2v) is 7.66. The molecule has 0 bridgehead atoms. The molecule has 4 rings (SSSR count). The standard InChI is InChI=1S/C25H23FN2O3/c26-18-11-13-19(14-12-18)28-22-9-4-10-23(29)20(22)16-21(25(28)31)24(30)27-15-5-8-17-6-2-1-3-7-17/h1-3,6-7,11-14,16H,4-5,8-10,15H2,(H,27,30). The third-order valence-corrected chi connectivity index (χ3v) is 5.52. The van der Waals surface area contributed by atoms with E-state index < -0.39 is 17.3 Å². The average Bonchev–Trinajstić information content (AvgIpc) is 2.78. The molecule has 0 atom stereocenters. The van der Waals surface area contributed by atoms with Crippen molar-refractivity contribution in [1.82, 2.24) is 9.88 Å². The summed E-state index contributed by atoms with van der Waals surface area (Å²) in [5, 5.41) is 2.80. The zero-order chi connectivity index (χ0) is 21.8. The highest BCUT2D eigenvalue weighted by Crippen LogP contribution is 2.23. The van der Waals surface area contributed by atoms with E-state index in [1.807, 2.05) is 30.3 Å².